The quantitative estimate of drug-likeness (QED) is 0.788. The Morgan fingerprint density at radius 1 is 1.07 bits per heavy atom. The van der Waals surface area contributed by atoms with E-state index in [9.17, 15) is 5.11 Å². The third kappa shape index (κ3) is 2.88. The molecule has 15 heavy (non-hydrogen) atoms. The zero-order valence-electron chi connectivity index (χ0n) is 8.61. The lowest BCUT2D eigenvalue weighted by molar-refractivity contribution is 0.383. The van der Waals surface area contributed by atoms with E-state index in [1.54, 1.807) is 6.08 Å². The second-order valence-corrected chi connectivity index (χ2v) is 3.69. The third-order valence-corrected chi connectivity index (χ3v) is 2.49. The van der Waals surface area contributed by atoms with Crippen LogP contribution in [0.4, 0.5) is 0 Å². The fourth-order valence-electron chi connectivity index (χ4n) is 1.58. The highest BCUT2D eigenvalue weighted by Gasteiger charge is 2.03. The first-order valence-electron chi connectivity index (χ1n) is 5.21. The summed E-state index contributed by atoms with van der Waals surface area (Å²) >= 11 is 0. The van der Waals surface area contributed by atoms with E-state index in [-0.39, 0.29) is 0 Å². The molecule has 1 aromatic rings. The van der Waals surface area contributed by atoms with E-state index in [0.717, 1.165) is 19.4 Å². The molecule has 0 atom stereocenters. The minimum Gasteiger partial charge on any atom is -0.512 e. The third-order valence-electron chi connectivity index (χ3n) is 2.49. The maximum Gasteiger partial charge on any atom is 0.0927 e. The molecule has 0 unspecified atom stereocenters. The molecule has 0 heterocycles. The van der Waals surface area contributed by atoms with Gasteiger partial charge >= 0.3 is 0 Å². The van der Waals surface area contributed by atoms with Crippen molar-refractivity contribution in [3.63, 3.8) is 0 Å². The van der Waals surface area contributed by atoms with Crippen LogP contribution in [0.3, 0.4) is 0 Å². The SMILES string of the molecule is OC1=CC=C(NCc2ccccc2)CC1. The van der Waals surface area contributed by atoms with Crippen LogP contribution in [0.1, 0.15) is 18.4 Å². The van der Waals surface area contributed by atoms with Gasteiger partial charge in [-0.05, 0) is 24.1 Å². The molecule has 78 valence electrons. The summed E-state index contributed by atoms with van der Waals surface area (Å²) in [5.74, 6) is 0.472. The number of aliphatic hydroxyl groups is 1. The molecule has 0 aliphatic heterocycles. The van der Waals surface area contributed by atoms with E-state index in [1.165, 1.54) is 11.3 Å². The molecule has 2 rings (SSSR count). The molecule has 0 saturated heterocycles. The van der Waals surface area contributed by atoms with Gasteiger partial charge in [-0.15, -0.1) is 0 Å². The lowest BCUT2D eigenvalue weighted by Gasteiger charge is -2.13. The monoisotopic (exact) mass is 201 g/mol. The second kappa shape index (κ2) is 4.69. The van der Waals surface area contributed by atoms with Gasteiger partial charge in [0.25, 0.3) is 0 Å². The van der Waals surface area contributed by atoms with Crippen molar-refractivity contribution in [3.05, 3.63) is 59.5 Å². The maximum atomic E-state index is 9.20. The molecule has 0 bridgehead atoms. The van der Waals surface area contributed by atoms with Crippen molar-refractivity contribution in [2.45, 2.75) is 19.4 Å². The molecule has 1 aliphatic rings. The predicted octanol–water partition coefficient (Wildman–Crippen LogP) is 2.90. The Hall–Kier alpha value is -1.70. The first kappa shape index (κ1) is 9.84. The molecule has 0 amide bonds. The van der Waals surface area contributed by atoms with Crippen molar-refractivity contribution < 1.29 is 5.11 Å². The van der Waals surface area contributed by atoms with E-state index in [0.29, 0.717) is 5.76 Å². The van der Waals surface area contributed by atoms with Crippen LogP contribution in [-0.4, -0.2) is 5.11 Å². The van der Waals surface area contributed by atoms with Gasteiger partial charge < -0.3 is 10.4 Å². The number of benzene rings is 1. The Kier molecular flexibility index (Phi) is 3.08. The smallest absolute Gasteiger partial charge is 0.0927 e. The zero-order valence-corrected chi connectivity index (χ0v) is 8.61. The van der Waals surface area contributed by atoms with Gasteiger partial charge in [0, 0.05) is 18.7 Å². The van der Waals surface area contributed by atoms with Crippen LogP contribution in [0.5, 0.6) is 0 Å². The lowest BCUT2D eigenvalue weighted by Crippen LogP contribution is -2.14. The van der Waals surface area contributed by atoms with Gasteiger partial charge in [0.1, 0.15) is 0 Å². The average molecular weight is 201 g/mol. The Labute approximate surface area is 89.9 Å². The molecular weight excluding hydrogens is 186 g/mol. The Morgan fingerprint density at radius 3 is 2.53 bits per heavy atom. The number of aliphatic hydroxyl groups excluding tert-OH is 1. The van der Waals surface area contributed by atoms with Gasteiger partial charge in [-0.2, -0.15) is 0 Å². The number of hydrogen-bond acceptors (Lipinski definition) is 2. The summed E-state index contributed by atoms with van der Waals surface area (Å²) in [6.07, 6.45) is 5.35. The molecule has 0 aromatic heterocycles. The van der Waals surface area contributed by atoms with Crippen LogP contribution in [0.25, 0.3) is 0 Å². The highest BCUT2D eigenvalue weighted by molar-refractivity contribution is 5.21. The molecule has 0 spiro atoms. The van der Waals surface area contributed by atoms with Gasteiger partial charge in [-0.1, -0.05) is 30.3 Å². The number of allylic oxidation sites excluding steroid dienone is 4. The summed E-state index contributed by atoms with van der Waals surface area (Å²) in [6.45, 7) is 0.848. The summed E-state index contributed by atoms with van der Waals surface area (Å²) in [5.41, 5.74) is 2.47. The van der Waals surface area contributed by atoms with E-state index in [4.69, 9.17) is 0 Å². The minimum absolute atomic E-state index is 0.472. The van der Waals surface area contributed by atoms with E-state index in [1.807, 2.05) is 24.3 Å². The highest BCUT2D eigenvalue weighted by Crippen LogP contribution is 2.14. The van der Waals surface area contributed by atoms with Crippen LogP contribution in [0.15, 0.2) is 53.9 Å². The van der Waals surface area contributed by atoms with Gasteiger partial charge in [0.05, 0.1) is 5.76 Å². The van der Waals surface area contributed by atoms with E-state index in [2.05, 4.69) is 17.4 Å². The normalized spacial score (nSPS) is 15.5. The fourth-order valence-corrected chi connectivity index (χ4v) is 1.58. The molecule has 0 fully saturated rings. The molecule has 2 nitrogen and oxygen atoms in total. The molecule has 0 radical (unpaired) electrons. The van der Waals surface area contributed by atoms with Gasteiger partial charge in [0.2, 0.25) is 0 Å². The van der Waals surface area contributed by atoms with E-state index >= 15 is 0 Å². The largest absolute Gasteiger partial charge is 0.512 e. The summed E-state index contributed by atoms with van der Waals surface area (Å²) in [4.78, 5) is 0. The van der Waals surface area contributed by atoms with Crippen LogP contribution >= 0.6 is 0 Å². The van der Waals surface area contributed by atoms with Crippen LogP contribution in [-0.2, 0) is 6.54 Å². The number of rotatable bonds is 3. The van der Waals surface area contributed by atoms with Crippen molar-refractivity contribution in [2.75, 3.05) is 0 Å². The molecular formula is C13H15NO. The first-order valence-corrected chi connectivity index (χ1v) is 5.21. The molecule has 0 saturated carbocycles. The number of nitrogens with one attached hydrogen (secondary N) is 1. The standard InChI is InChI=1S/C13H15NO/c15-13-8-6-12(7-9-13)14-10-11-4-2-1-3-5-11/h1-6,8,14-15H,7,9-10H2. The van der Waals surface area contributed by atoms with Crippen molar-refractivity contribution in [1.29, 1.82) is 0 Å². The highest BCUT2D eigenvalue weighted by atomic mass is 16.3. The van der Waals surface area contributed by atoms with Crippen molar-refractivity contribution in [2.24, 2.45) is 0 Å². The van der Waals surface area contributed by atoms with Crippen molar-refractivity contribution in [3.8, 4) is 0 Å². The fraction of sp³-hybridized carbons (Fsp3) is 0.231. The molecule has 2 heteroatoms. The van der Waals surface area contributed by atoms with Crippen LogP contribution in [0.2, 0.25) is 0 Å². The maximum absolute atomic E-state index is 9.20. The lowest BCUT2D eigenvalue weighted by atomic mass is 10.1. The topological polar surface area (TPSA) is 32.3 Å². The Morgan fingerprint density at radius 2 is 1.87 bits per heavy atom. The number of hydrogen-bond donors (Lipinski definition) is 2. The van der Waals surface area contributed by atoms with Crippen LogP contribution < -0.4 is 5.32 Å². The summed E-state index contributed by atoms with van der Waals surface area (Å²) in [5, 5.41) is 12.6. The molecule has 1 aliphatic carbocycles. The summed E-state index contributed by atoms with van der Waals surface area (Å²) in [6, 6.07) is 10.3. The summed E-state index contributed by atoms with van der Waals surface area (Å²) < 4.78 is 0. The zero-order chi connectivity index (χ0) is 10.5. The van der Waals surface area contributed by atoms with Crippen LogP contribution in [0, 0.1) is 0 Å². The van der Waals surface area contributed by atoms with Crippen molar-refractivity contribution in [1.82, 2.24) is 5.32 Å². The average Bonchev–Trinajstić information content (AvgIpc) is 2.30. The molecule has 1 aromatic carbocycles. The Bertz CT molecular complexity index is 379. The van der Waals surface area contributed by atoms with E-state index < -0.39 is 0 Å². The van der Waals surface area contributed by atoms with Gasteiger partial charge in [-0.3, -0.25) is 0 Å². The van der Waals surface area contributed by atoms with Crippen molar-refractivity contribution >= 4 is 0 Å². The van der Waals surface area contributed by atoms with Gasteiger partial charge in [-0.25, -0.2) is 0 Å². The first-order chi connectivity index (χ1) is 7.34. The summed E-state index contributed by atoms with van der Waals surface area (Å²) in [7, 11) is 0. The second-order valence-electron chi connectivity index (χ2n) is 3.69. The predicted molar refractivity (Wildman–Crippen MR) is 61.3 cm³/mol. The Balaban J connectivity index is 1.89. The molecule has 2 N–H and O–H groups in total. The minimum atomic E-state index is 0.472. The van der Waals surface area contributed by atoms with Gasteiger partial charge in [0.15, 0.2) is 0 Å².